The molecule has 7 nitrogen and oxygen atoms in total. The van der Waals surface area contributed by atoms with Crippen molar-refractivity contribution in [3.63, 3.8) is 0 Å². The first-order valence-electron chi connectivity index (χ1n) is 9.46. The molecule has 0 fully saturated rings. The van der Waals surface area contributed by atoms with Crippen LogP contribution in [0.5, 0.6) is 5.75 Å². The minimum absolute atomic E-state index is 0.0496. The van der Waals surface area contributed by atoms with Crippen LogP contribution in [0.15, 0.2) is 27.7 Å². The van der Waals surface area contributed by atoms with Gasteiger partial charge in [-0.05, 0) is 26.8 Å². The first-order chi connectivity index (χ1) is 12.9. The van der Waals surface area contributed by atoms with E-state index in [-0.39, 0.29) is 12.0 Å². The van der Waals surface area contributed by atoms with E-state index < -0.39 is 0 Å². The van der Waals surface area contributed by atoms with E-state index in [4.69, 9.17) is 9.26 Å². The highest BCUT2D eigenvalue weighted by molar-refractivity contribution is 5.80. The van der Waals surface area contributed by atoms with Crippen LogP contribution in [0, 0.1) is 6.92 Å². The van der Waals surface area contributed by atoms with Crippen molar-refractivity contribution < 1.29 is 9.26 Å². The third kappa shape index (κ3) is 5.98. The average Bonchev–Trinajstić information content (AvgIpc) is 3.11. The molecule has 0 radical (unpaired) electrons. The second-order valence-electron chi connectivity index (χ2n) is 6.82. The third-order valence-electron chi connectivity index (χ3n) is 4.14. The predicted molar refractivity (Wildman–Crippen MR) is 107 cm³/mol. The summed E-state index contributed by atoms with van der Waals surface area (Å²) in [5.41, 5.74) is 2.29. The van der Waals surface area contributed by atoms with Gasteiger partial charge >= 0.3 is 0 Å². The molecule has 0 bridgehead atoms. The van der Waals surface area contributed by atoms with Gasteiger partial charge in [0.1, 0.15) is 5.75 Å². The van der Waals surface area contributed by atoms with Gasteiger partial charge in [-0.2, -0.15) is 4.98 Å². The van der Waals surface area contributed by atoms with E-state index in [0.29, 0.717) is 18.9 Å². The number of hydrogen-bond acceptors (Lipinski definition) is 5. The number of guanidine groups is 1. The van der Waals surface area contributed by atoms with Crippen LogP contribution < -0.4 is 15.4 Å². The van der Waals surface area contributed by atoms with Crippen LogP contribution in [0.25, 0.3) is 0 Å². The Labute approximate surface area is 161 Å². The molecule has 148 valence electrons. The summed E-state index contributed by atoms with van der Waals surface area (Å²) in [4.78, 5) is 9.02. The van der Waals surface area contributed by atoms with Gasteiger partial charge in [-0.25, -0.2) is 0 Å². The smallest absolute Gasteiger partial charge is 0.228 e. The lowest BCUT2D eigenvalue weighted by Gasteiger charge is -2.20. The molecule has 1 atom stereocenters. The van der Waals surface area contributed by atoms with Crippen LogP contribution in [0.2, 0.25) is 0 Å². The summed E-state index contributed by atoms with van der Waals surface area (Å²) in [5.74, 6) is 3.22. The second-order valence-corrected chi connectivity index (χ2v) is 6.82. The lowest BCUT2D eigenvalue weighted by Crippen LogP contribution is -2.39. The van der Waals surface area contributed by atoms with E-state index in [1.54, 1.807) is 7.11 Å². The zero-order chi connectivity index (χ0) is 19.8. The summed E-state index contributed by atoms with van der Waals surface area (Å²) in [7, 11) is 1.69. The average molecular weight is 374 g/mol. The van der Waals surface area contributed by atoms with Crippen molar-refractivity contribution in [2.24, 2.45) is 4.99 Å². The quantitative estimate of drug-likeness (QED) is 0.545. The van der Waals surface area contributed by atoms with Crippen LogP contribution in [0.1, 0.15) is 62.5 Å². The van der Waals surface area contributed by atoms with Gasteiger partial charge in [0, 0.05) is 24.4 Å². The monoisotopic (exact) mass is 373 g/mol. The standard InChI is InChI=1S/C20H31N5O2/c1-7-21-20(22-11-10-18-24-19(13(2)3)25-27-18)23-15(5)16-12-14(4)8-9-17(16)26-6/h8-9,12-13,15H,7,10-11H2,1-6H3,(H2,21,22,23). The number of aryl methyl sites for hydroxylation is 1. The van der Waals surface area contributed by atoms with Gasteiger partial charge in [0.05, 0.1) is 19.7 Å². The van der Waals surface area contributed by atoms with Gasteiger partial charge in [-0.3, -0.25) is 4.99 Å². The highest BCUT2D eigenvalue weighted by Gasteiger charge is 2.14. The van der Waals surface area contributed by atoms with Crippen LogP contribution in [0.3, 0.4) is 0 Å². The van der Waals surface area contributed by atoms with Crippen molar-refractivity contribution in [2.75, 3.05) is 20.2 Å². The van der Waals surface area contributed by atoms with Crippen LogP contribution in [-0.4, -0.2) is 36.3 Å². The van der Waals surface area contributed by atoms with Crippen molar-refractivity contribution in [1.29, 1.82) is 0 Å². The Morgan fingerprint density at radius 1 is 1.30 bits per heavy atom. The van der Waals surface area contributed by atoms with Crippen molar-refractivity contribution in [3.8, 4) is 5.75 Å². The molecule has 0 spiro atoms. The van der Waals surface area contributed by atoms with Crippen LogP contribution >= 0.6 is 0 Å². The molecule has 0 saturated heterocycles. The van der Waals surface area contributed by atoms with Gasteiger partial charge in [-0.15, -0.1) is 0 Å². The topological polar surface area (TPSA) is 84.6 Å². The molecule has 2 aromatic rings. The molecule has 27 heavy (non-hydrogen) atoms. The molecular weight excluding hydrogens is 342 g/mol. The minimum Gasteiger partial charge on any atom is -0.496 e. The lowest BCUT2D eigenvalue weighted by molar-refractivity contribution is 0.372. The number of benzene rings is 1. The maximum Gasteiger partial charge on any atom is 0.228 e. The molecule has 7 heteroatoms. The molecule has 0 aliphatic carbocycles. The van der Waals surface area contributed by atoms with Gasteiger partial charge in [0.2, 0.25) is 5.89 Å². The Morgan fingerprint density at radius 3 is 2.70 bits per heavy atom. The van der Waals surface area contributed by atoms with E-state index in [0.717, 1.165) is 29.6 Å². The molecule has 2 N–H and O–H groups in total. The van der Waals surface area contributed by atoms with Crippen molar-refractivity contribution in [1.82, 2.24) is 20.8 Å². The highest BCUT2D eigenvalue weighted by atomic mass is 16.5. The van der Waals surface area contributed by atoms with E-state index >= 15 is 0 Å². The summed E-state index contributed by atoms with van der Waals surface area (Å²) in [6.07, 6.45) is 0.610. The van der Waals surface area contributed by atoms with Crippen molar-refractivity contribution >= 4 is 5.96 Å². The highest BCUT2D eigenvalue weighted by Crippen LogP contribution is 2.25. The second kappa shape index (κ2) is 9.94. The predicted octanol–water partition coefficient (Wildman–Crippen LogP) is 3.37. The fourth-order valence-electron chi connectivity index (χ4n) is 2.66. The van der Waals surface area contributed by atoms with Crippen molar-refractivity contribution in [3.05, 3.63) is 41.0 Å². The first kappa shape index (κ1) is 20.7. The number of hydrogen-bond donors (Lipinski definition) is 2. The zero-order valence-corrected chi connectivity index (χ0v) is 17.2. The molecule has 0 amide bonds. The molecule has 1 aromatic carbocycles. The SMILES string of the molecule is CCNC(=NCCc1nc(C(C)C)no1)NC(C)c1cc(C)ccc1OC. The summed E-state index contributed by atoms with van der Waals surface area (Å²) in [6, 6.07) is 6.22. The normalized spacial score (nSPS) is 12.9. The first-order valence-corrected chi connectivity index (χ1v) is 9.46. The van der Waals surface area contributed by atoms with Gasteiger partial charge in [-0.1, -0.05) is 36.7 Å². The molecular formula is C20H31N5O2. The Kier molecular flexibility index (Phi) is 7.64. The van der Waals surface area contributed by atoms with E-state index in [1.807, 2.05) is 32.9 Å². The van der Waals surface area contributed by atoms with E-state index in [9.17, 15) is 0 Å². The minimum atomic E-state index is 0.0496. The third-order valence-corrected chi connectivity index (χ3v) is 4.14. The molecule has 0 aliphatic rings. The number of rotatable bonds is 8. The molecule has 1 heterocycles. The maximum atomic E-state index is 5.50. The molecule has 0 aliphatic heterocycles. The fourth-order valence-corrected chi connectivity index (χ4v) is 2.66. The number of nitrogens with one attached hydrogen (secondary N) is 2. The molecule has 1 aromatic heterocycles. The Bertz CT molecular complexity index is 755. The number of nitrogens with zero attached hydrogens (tertiary/aromatic N) is 3. The Balaban J connectivity index is 2.03. The summed E-state index contributed by atoms with van der Waals surface area (Å²) >= 11 is 0. The molecule has 2 rings (SSSR count). The van der Waals surface area contributed by atoms with Gasteiger partial charge in [0.25, 0.3) is 0 Å². The lowest BCUT2D eigenvalue weighted by atomic mass is 10.0. The summed E-state index contributed by atoms with van der Waals surface area (Å²) in [5, 5.41) is 10.7. The molecule has 1 unspecified atom stereocenters. The fraction of sp³-hybridized carbons (Fsp3) is 0.550. The molecule has 0 saturated carbocycles. The number of aromatic nitrogens is 2. The Morgan fingerprint density at radius 2 is 2.07 bits per heavy atom. The van der Waals surface area contributed by atoms with E-state index in [2.05, 4.69) is 45.7 Å². The number of ether oxygens (including phenoxy) is 1. The van der Waals surface area contributed by atoms with Gasteiger partial charge < -0.3 is 19.9 Å². The van der Waals surface area contributed by atoms with E-state index in [1.165, 1.54) is 5.56 Å². The number of methoxy groups -OCH3 is 1. The van der Waals surface area contributed by atoms with Crippen LogP contribution in [0.4, 0.5) is 0 Å². The summed E-state index contributed by atoms with van der Waals surface area (Å²) < 4.78 is 10.8. The Hall–Kier alpha value is -2.57. The summed E-state index contributed by atoms with van der Waals surface area (Å²) in [6.45, 7) is 11.6. The van der Waals surface area contributed by atoms with Crippen molar-refractivity contribution in [2.45, 2.75) is 53.0 Å². The largest absolute Gasteiger partial charge is 0.496 e. The van der Waals surface area contributed by atoms with Crippen LogP contribution in [-0.2, 0) is 6.42 Å². The zero-order valence-electron chi connectivity index (χ0n) is 17.2. The van der Waals surface area contributed by atoms with Gasteiger partial charge in [0.15, 0.2) is 11.8 Å². The maximum absolute atomic E-state index is 5.50. The number of aliphatic imine (C=N–C) groups is 1.